The standard InChI is InChI=1S/C12H15NO4/c1-13(2)8-5-3-7(4-6-8)9-10(14)11(15)12(9,16)17/h3-6,9,14-17H,1-2H3. The SMILES string of the molecule is CN(C)c1ccc(C2C(O)=C(O)C2(O)O)cc1. The van der Waals surface area contributed by atoms with Crippen LogP contribution >= 0.6 is 0 Å². The molecular weight excluding hydrogens is 222 g/mol. The van der Waals surface area contributed by atoms with Crippen LogP contribution in [0.5, 0.6) is 0 Å². The smallest absolute Gasteiger partial charge is 0.240 e. The van der Waals surface area contributed by atoms with Crippen LogP contribution in [0.15, 0.2) is 35.8 Å². The summed E-state index contributed by atoms with van der Waals surface area (Å²) in [6, 6.07) is 6.97. The minimum absolute atomic E-state index is 0.396. The Morgan fingerprint density at radius 1 is 1.06 bits per heavy atom. The third-order valence-electron chi connectivity index (χ3n) is 3.01. The Morgan fingerprint density at radius 3 is 2.00 bits per heavy atom. The van der Waals surface area contributed by atoms with Crippen LogP contribution in [0.25, 0.3) is 0 Å². The van der Waals surface area contributed by atoms with Crippen LogP contribution in [0.3, 0.4) is 0 Å². The first-order valence-corrected chi connectivity index (χ1v) is 5.20. The van der Waals surface area contributed by atoms with E-state index >= 15 is 0 Å². The van der Waals surface area contributed by atoms with Crippen LogP contribution in [0.2, 0.25) is 0 Å². The number of anilines is 1. The Balaban J connectivity index is 2.32. The minimum Gasteiger partial charge on any atom is -0.508 e. The van der Waals surface area contributed by atoms with Crippen molar-refractivity contribution in [3.63, 3.8) is 0 Å². The average molecular weight is 237 g/mol. The van der Waals surface area contributed by atoms with Gasteiger partial charge in [-0.15, -0.1) is 0 Å². The molecule has 4 N–H and O–H groups in total. The van der Waals surface area contributed by atoms with E-state index in [4.69, 9.17) is 5.11 Å². The van der Waals surface area contributed by atoms with Gasteiger partial charge in [0.25, 0.3) is 0 Å². The number of nitrogens with zero attached hydrogens (tertiary/aromatic N) is 1. The molecule has 0 bridgehead atoms. The van der Waals surface area contributed by atoms with Gasteiger partial charge in [-0.05, 0) is 17.7 Å². The number of rotatable bonds is 2. The first-order valence-electron chi connectivity index (χ1n) is 5.20. The van der Waals surface area contributed by atoms with E-state index in [9.17, 15) is 15.3 Å². The fourth-order valence-electron chi connectivity index (χ4n) is 1.93. The predicted molar refractivity (Wildman–Crippen MR) is 63.0 cm³/mol. The van der Waals surface area contributed by atoms with Gasteiger partial charge < -0.3 is 25.3 Å². The second kappa shape index (κ2) is 3.65. The van der Waals surface area contributed by atoms with Gasteiger partial charge in [-0.3, -0.25) is 0 Å². The number of aliphatic hydroxyl groups excluding tert-OH is 2. The number of aliphatic hydroxyl groups is 4. The molecule has 92 valence electrons. The lowest BCUT2D eigenvalue weighted by Gasteiger charge is -2.39. The Kier molecular flexibility index (Phi) is 2.52. The Labute approximate surface area is 98.9 Å². The lowest BCUT2D eigenvalue weighted by molar-refractivity contribution is -0.197. The number of benzene rings is 1. The highest BCUT2D eigenvalue weighted by Crippen LogP contribution is 2.46. The summed E-state index contributed by atoms with van der Waals surface area (Å²) in [4.78, 5) is 1.91. The third-order valence-corrected chi connectivity index (χ3v) is 3.01. The molecule has 0 amide bonds. The van der Waals surface area contributed by atoms with Crippen molar-refractivity contribution in [3.8, 4) is 0 Å². The molecule has 5 nitrogen and oxygen atoms in total. The lowest BCUT2D eigenvalue weighted by atomic mass is 9.78. The summed E-state index contributed by atoms with van der Waals surface area (Å²) in [6.45, 7) is 0. The molecule has 0 saturated carbocycles. The normalized spacial score (nSPS) is 22.2. The van der Waals surface area contributed by atoms with Crippen LogP contribution in [-0.2, 0) is 0 Å². The Bertz CT molecular complexity index is 462. The van der Waals surface area contributed by atoms with Crippen LogP contribution in [0.4, 0.5) is 5.69 Å². The maximum atomic E-state index is 9.52. The van der Waals surface area contributed by atoms with Crippen molar-refractivity contribution in [2.75, 3.05) is 19.0 Å². The zero-order valence-electron chi connectivity index (χ0n) is 9.62. The molecule has 5 heteroatoms. The van der Waals surface area contributed by atoms with E-state index in [1.54, 1.807) is 24.3 Å². The number of hydrogen-bond donors (Lipinski definition) is 4. The van der Waals surface area contributed by atoms with E-state index in [-0.39, 0.29) is 0 Å². The summed E-state index contributed by atoms with van der Waals surface area (Å²) in [7, 11) is 3.79. The average Bonchev–Trinajstić information content (AvgIpc) is 2.29. The fraction of sp³-hybridized carbons (Fsp3) is 0.333. The van der Waals surface area contributed by atoms with Gasteiger partial charge in [0.1, 0.15) is 11.7 Å². The predicted octanol–water partition coefficient (Wildman–Crippen LogP) is 0.858. The quantitative estimate of drug-likeness (QED) is 0.573. The van der Waals surface area contributed by atoms with Crippen molar-refractivity contribution in [3.05, 3.63) is 41.3 Å². The van der Waals surface area contributed by atoms with Crippen LogP contribution in [-0.4, -0.2) is 40.3 Å². The lowest BCUT2D eigenvalue weighted by Crippen LogP contribution is -2.48. The molecule has 1 aromatic rings. The van der Waals surface area contributed by atoms with Gasteiger partial charge >= 0.3 is 0 Å². The fourth-order valence-corrected chi connectivity index (χ4v) is 1.93. The van der Waals surface area contributed by atoms with Gasteiger partial charge in [0.05, 0.1) is 0 Å². The molecule has 0 aliphatic heterocycles. The van der Waals surface area contributed by atoms with Crippen LogP contribution in [0.1, 0.15) is 11.5 Å². The maximum absolute atomic E-state index is 9.52. The second-order valence-electron chi connectivity index (χ2n) is 4.38. The van der Waals surface area contributed by atoms with E-state index in [0.29, 0.717) is 5.56 Å². The van der Waals surface area contributed by atoms with Crippen molar-refractivity contribution >= 4 is 5.69 Å². The minimum atomic E-state index is -2.37. The van der Waals surface area contributed by atoms with Crippen molar-refractivity contribution in [1.29, 1.82) is 0 Å². The molecule has 1 aromatic carbocycles. The number of hydrogen-bond acceptors (Lipinski definition) is 5. The highest BCUT2D eigenvalue weighted by molar-refractivity contribution is 5.50. The van der Waals surface area contributed by atoms with E-state index < -0.39 is 23.2 Å². The van der Waals surface area contributed by atoms with Crippen molar-refractivity contribution in [2.45, 2.75) is 11.7 Å². The van der Waals surface area contributed by atoms with E-state index in [1.165, 1.54) is 0 Å². The van der Waals surface area contributed by atoms with Crippen molar-refractivity contribution in [1.82, 2.24) is 0 Å². The van der Waals surface area contributed by atoms with Gasteiger partial charge in [0, 0.05) is 19.8 Å². The molecule has 2 rings (SSSR count). The molecule has 1 aliphatic rings. The first-order chi connectivity index (χ1) is 7.85. The van der Waals surface area contributed by atoms with E-state index in [0.717, 1.165) is 5.69 Å². The van der Waals surface area contributed by atoms with Gasteiger partial charge in [-0.2, -0.15) is 0 Å². The molecule has 17 heavy (non-hydrogen) atoms. The monoisotopic (exact) mass is 237 g/mol. The third kappa shape index (κ3) is 1.64. The summed E-state index contributed by atoms with van der Waals surface area (Å²) < 4.78 is 0. The summed E-state index contributed by atoms with van der Waals surface area (Å²) >= 11 is 0. The van der Waals surface area contributed by atoms with Crippen molar-refractivity contribution < 1.29 is 20.4 Å². The molecule has 1 atom stereocenters. The summed E-state index contributed by atoms with van der Waals surface area (Å²) in [5, 5.41) is 37.6. The van der Waals surface area contributed by atoms with Crippen LogP contribution < -0.4 is 4.90 Å². The molecule has 0 aromatic heterocycles. The summed E-state index contributed by atoms with van der Waals surface area (Å²) in [5.74, 6) is -4.53. The largest absolute Gasteiger partial charge is 0.508 e. The topological polar surface area (TPSA) is 84.2 Å². The van der Waals surface area contributed by atoms with Crippen LogP contribution in [0, 0.1) is 0 Å². The molecule has 0 spiro atoms. The summed E-state index contributed by atoms with van der Waals surface area (Å²) in [5.41, 5.74) is 1.50. The Hall–Kier alpha value is -1.72. The molecule has 0 heterocycles. The highest BCUT2D eigenvalue weighted by atomic mass is 16.5. The Morgan fingerprint density at radius 2 is 1.59 bits per heavy atom. The maximum Gasteiger partial charge on any atom is 0.240 e. The van der Waals surface area contributed by atoms with Gasteiger partial charge in [0.2, 0.25) is 5.79 Å². The molecule has 1 aliphatic carbocycles. The van der Waals surface area contributed by atoms with E-state index in [2.05, 4.69) is 0 Å². The molecule has 0 saturated heterocycles. The zero-order valence-corrected chi connectivity index (χ0v) is 9.62. The molecule has 0 fully saturated rings. The second-order valence-corrected chi connectivity index (χ2v) is 4.38. The highest BCUT2D eigenvalue weighted by Gasteiger charge is 2.54. The van der Waals surface area contributed by atoms with Crippen molar-refractivity contribution in [2.24, 2.45) is 0 Å². The zero-order chi connectivity index (χ0) is 12.8. The van der Waals surface area contributed by atoms with E-state index in [1.807, 2.05) is 19.0 Å². The molecule has 1 unspecified atom stereocenters. The molecule has 0 radical (unpaired) electrons. The molecular formula is C12H15NO4. The van der Waals surface area contributed by atoms with Gasteiger partial charge in [0.15, 0.2) is 5.76 Å². The summed E-state index contributed by atoms with van der Waals surface area (Å²) in [6.07, 6.45) is 0. The van der Waals surface area contributed by atoms with Gasteiger partial charge in [-0.25, -0.2) is 0 Å². The van der Waals surface area contributed by atoms with Gasteiger partial charge in [-0.1, -0.05) is 12.1 Å². The first kappa shape index (κ1) is 11.8.